The largest absolute Gasteiger partial charge is 0.483 e. The van der Waals surface area contributed by atoms with Gasteiger partial charge in [0.1, 0.15) is 5.75 Å². The Balaban J connectivity index is 2.02. The topological polar surface area (TPSA) is 64.3 Å². The number of carbonyl (C=O) groups is 1. The van der Waals surface area contributed by atoms with Gasteiger partial charge in [-0.2, -0.15) is 0 Å². The minimum absolute atomic E-state index is 0.122. The minimum atomic E-state index is -0.330. The van der Waals surface area contributed by atoms with Crippen LogP contribution in [0.1, 0.15) is 11.1 Å². The Morgan fingerprint density at radius 1 is 1.23 bits per heavy atom. The molecule has 0 saturated heterocycles. The Morgan fingerprint density at radius 3 is 2.68 bits per heavy atom. The molecule has 0 atom stereocenters. The van der Waals surface area contributed by atoms with Gasteiger partial charge in [-0.3, -0.25) is 4.79 Å². The molecule has 116 valence electrons. The van der Waals surface area contributed by atoms with Crippen LogP contribution >= 0.6 is 23.2 Å². The highest BCUT2D eigenvalue weighted by atomic mass is 35.5. The summed E-state index contributed by atoms with van der Waals surface area (Å²) in [7, 11) is 0. The number of nitrogens with one attached hydrogen (secondary N) is 1. The van der Waals surface area contributed by atoms with Crippen molar-refractivity contribution >= 4 is 40.5 Å². The summed E-state index contributed by atoms with van der Waals surface area (Å²) < 4.78 is 5.53. The van der Waals surface area contributed by atoms with Crippen molar-refractivity contribution in [1.82, 2.24) is 0 Å². The molecule has 1 amide bonds. The smallest absolute Gasteiger partial charge is 0.262 e. The zero-order valence-electron chi connectivity index (χ0n) is 12.2. The van der Waals surface area contributed by atoms with E-state index in [9.17, 15) is 4.79 Å². The van der Waals surface area contributed by atoms with Gasteiger partial charge < -0.3 is 15.8 Å². The Labute approximate surface area is 139 Å². The first-order valence-electron chi connectivity index (χ1n) is 6.62. The molecule has 0 heterocycles. The summed E-state index contributed by atoms with van der Waals surface area (Å²) in [5, 5.41) is 3.30. The van der Waals surface area contributed by atoms with Crippen LogP contribution in [0.25, 0.3) is 0 Å². The quantitative estimate of drug-likeness (QED) is 0.820. The molecule has 4 nitrogen and oxygen atoms in total. The number of carbonyl (C=O) groups excluding carboxylic acids is 1. The van der Waals surface area contributed by atoms with Crippen molar-refractivity contribution in [3.63, 3.8) is 0 Å². The summed E-state index contributed by atoms with van der Waals surface area (Å²) in [6, 6.07) is 8.69. The second-order valence-electron chi connectivity index (χ2n) is 4.89. The summed E-state index contributed by atoms with van der Waals surface area (Å²) in [6.07, 6.45) is 0. The second-order valence-corrected chi connectivity index (χ2v) is 5.70. The van der Waals surface area contributed by atoms with Crippen molar-refractivity contribution in [3.05, 3.63) is 51.5 Å². The van der Waals surface area contributed by atoms with E-state index in [0.717, 1.165) is 11.1 Å². The highest BCUT2D eigenvalue weighted by molar-refractivity contribution is 6.37. The van der Waals surface area contributed by atoms with Crippen molar-refractivity contribution in [2.45, 2.75) is 13.8 Å². The number of nitrogens with two attached hydrogens (primary N) is 1. The normalized spacial score (nSPS) is 10.4. The number of hydrogen-bond donors (Lipinski definition) is 2. The highest BCUT2D eigenvalue weighted by Gasteiger charge is 2.10. The van der Waals surface area contributed by atoms with E-state index in [-0.39, 0.29) is 12.5 Å². The average Bonchev–Trinajstić information content (AvgIpc) is 2.46. The van der Waals surface area contributed by atoms with Crippen LogP contribution in [-0.4, -0.2) is 12.5 Å². The maximum Gasteiger partial charge on any atom is 0.262 e. The van der Waals surface area contributed by atoms with Crippen molar-refractivity contribution in [2.75, 3.05) is 17.7 Å². The van der Waals surface area contributed by atoms with E-state index in [4.69, 9.17) is 33.7 Å². The van der Waals surface area contributed by atoms with Gasteiger partial charge in [-0.05, 0) is 43.2 Å². The molecule has 0 spiro atoms. The molecule has 0 unspecified atom stereocenters. The van der Waals surface area contributed by atoms with E-state index in [0.29, 0.717) is 27.2 Å². The van der Waals surface area contributed by atoms with E-state index in [1.165, 1.54) is 12.1 Å². The van der Waals surface area contributed by atoms with Crippen LogP contribution in [0.3, 0.4) is 0 Å². The van der Waals surface area contributed by atoms with Crippen LogP contribution in [0.5, 0.6) is 5.75 Å². The molecular weight excluding hydrogens is 323 g/mol. The molecule has 0 radical (unpaired) electrons. The lowest BCUT2D eigenvalue weighted by Crippen LogP contribution is -2.20. The molecule has 0 fully saturated rings. The molecular formula is C16H16Cl2N2O2. The summed E-state index contributed by atoms with van der Waals surface area (Å²) in [5.41, 5.74) is 8.49. The molecule has 0 aliphatic heterocycles. The fourth-order valence-corrected chi connectivity index (χ4v) is 2.25. The van der Waals surface area contributed by atoms with Crippen LogP contribution in [0.2, 0.25) is 10.0 Å². The third-order valence-corrected chi connectivity index (χ3v) is 3.91. The maximum absolute atomic E-state index is 12.0. The van der Waals surface area contributed by atoms with Crippen LogP contribution < -0.4 is 15.8 Å². The fraction of sp³-hybridized carbons (Fsp3) is 0.188. The van der Waals surface area contributed by atoms with Gasteiger partial charge in [0.15, 0.2) is 6.61 Å². The molecule has 0 aromatic heterocycles. The molecule has 0 saturated carbocycles. The number of halogens is 2. The second kappa shape index (κ2) is 6.90. The molecule has 0 aliphatic carbocycles. The molecule has 0 bridgehead atoms. The van der Waals surface area contributed by atoms with Crippen molar-refractivity contribution < 1.29 is 9.53 Å². The maximum atomic E-state index is 12.0. The molecule has 22 heavy (non-hydrogen) atoms. The fourth-order valence-electron chi connectivity index (χ4n) is 1.87. The van der Waals surface area contributed by atoms with Crippen molar-refractivity contribution in [3.8, 4) is 5.75 Å². The van der Waals surface area contributed by atoms with Crippen LogP contribution in [0, 0.1) is 13.8 Å². The third-order valence-electron chi connectivity index (χ3n) is 3.27. The minimum Gasteiger partial charge on any atom is -0.483 e. The zero-order valence-corrected chi connectivity index (χ0v) is 13.8. The molecule has 6 heteroatoms. The Hall–Kier alpha value is -1.91. The first-order valence-corrected chi connectivity index (χ1v) is 7.37. The number of aryl methyl sites for hydroxylation is 1. The third kappa shape index (κ3) is 3.84. The summed E-state index contributed by atoms with van der Waals surface area (Å²) in [6.45, 7) is 3.81. The molecule has 0 aliphatic rings. The van der Waals surface area contributed by atoms with Gasteiger partial charge in [-0.1, -0.05) is 35.3 Å². The average molecular weight is 339 g/mol. The molecule has 2 aromatic rings. The van der Waals surface area contributed by atoms with Gasteiger partial charge in [-0.15, -0.1) is 0 Å². The molecule has 2 aromatic carbocycles. The van der Waals surface area contributed by atoms with Crippen LogP contribution in [0.4, 0.5) is 11.4 Å². The van der Waals surface area contributed by atoms with Gasteiger partial charge >= 0.3 is 0 Å². The van der Waals surface area contributed by atoms with E-state index in [1.807, 2.05) is 32.0 Å². The predicted octanol–water partition coefficient (Wildman–Crippen LogP) is 4.21. The van der Waals surface area contributed by atoms with Crippen molar-refractivity contribution in [2.24, 2.45) is 0 Å². The van der Waals surface area contributed by atoms with E-state index in [2.05, 4.69) is 5.32 Å². The number of rotatable bonds is 4. The summed E-state index contributed by atoms with van der Waals surface area (Å²) in [4.78, 5) is 12.0. The van der Waals surface area contributed by atoms with Gasteiger partial charge in [0, 0.05) is 0 Å². The predicted molar refractivity (Wildman–Crippen MR) is 90.9 cm³/mol. The SMILES string of the molecule is Cc1cccc(OCC(=O)Nc2cc(Cl)c(N)cc2Cl)c1C. The van der Waals surface area contributed by atoms with E-state index < -0.39 is 0 Å². The lowest BCUT2D eigenvalue weighted by atomic mass is 10.1. The van der Waals surface area contributed by atoms with E-state index >= 15 is 0 Å². The number of anilines is 2. The monoisotopic (exact) mass is 338 g/mol. The Kier molecular flexibility index (Phi) is 5.16. The zero-order chi connectivity index (χ0) is 16.3. The first-order chi connectivity index (χ1) is 10.4. The lowest BCUT2D eigenvalue weighted by Gasteiger charge is -2.12. The lowest BCUT2D eigenvalue weighted by molar-refractivity contribution is -0.118. The van der Waals surface area contributed by atoms with Gasteiger partial charge in [0.2, 0.25) is 0 Å². The van der Waals surface area contributed by atoms with Crippen LogP contribution in [0.15, 0.2) is 30.3 Å². The van der Waals surface area contributed by atoms with Crippen LogP contribution in [-0.2, 0) is 4.79 Å². The highest BCUT2D eigenvalue weighted by Crippen LogP contribution is 2.30. The number of benzene rings is 2. The van der Waals surface area contributed by atoms with Gasteiger partial charge in [0.05, 0.1) is 21.4 Å². The molecule has 3 N–H and O–H groups in total. The standard InChI is InChI=1S/C16H16Cl2N2O2/c1-9-4-3-5-15(10(9)2)22-8-16(21)20-14-7-11(17)13(19)6-12(14)18/h3-7H,8,19H2,1-2H3,(H,20,21). The van der Waals surface area contributed by atoms with Gasteiger partial charge in [-0.25, -0.2) is 0 Å². The summed E-state index contributed by atoms with van der Waals surface area (Å²) >= 11 is 11.9. The Bertz CT molecular complexity index is 718. The van der Waals surface area contributed by atoms with E-state index in [1.54, 1.807) is 0 Å². The Morgan fingerprint density at radius 2 is 1.95 bits per heavy atom. The van der Waals surface area contributed by atoms with Crippen molar-refractivity contribution in [1.29, 1.82) is 0 Å². The number of nitrogen functional groups attached to an aromatic ring is 1. The number of hydrogen-bond acceptors (Lipinski definition) is 3. The van der Waals surface area contributed by atoms with Gasteiger partial charge in [0.25, 0.3) is 5.91 Å². The first kappa shape index (κ1) is 16.5. The summed E-state index contributed by atoms with van der Waals surface area (Å²) in [5.74, 6) is 0.347. The number of amides is 1. The number of ether oxygens (including phenoxy) is 1. The molecule has 2 rings (SSSR count).